The summed E-state index contributed by atoms with van der Waals surface area (Å²) >= 11 is 0. The van der Waals surface area contributed by atoms with E-state index in [9.17, 15) is 9.59 Å². The quantitative estimate of drug-likeness (QED) is 0.505. The zero-order chi connectivity index (χ0) is 19.4. The Morgan fingerprint density at radius 2 is 1.44 bits per heavy atom. The Kier molecular flexibility index (Phi) is 5.22. The predicted octanol–water partition coefficient (Wildman–Crippen LogP) is 4.82. The third-order valence-corrected chi connectivity index (χ3v) is 4.15. The van der Waals surface area contributed by atoms with Gasteiger partial charge < -0.3 is 15.8 Å². The molecule has 3 aromatic carbocycles. The second-order valence-electron chi connectivity index (χ2n) is 6.23. The molecule has 0 saturated heterocycles. The average Bonchev–Trinajstić information content (AvgIpc) is 2.66. The van der Waals surface area contributed by atoms with Gasteiger partial charge in [0.1, 0.15) is 11.5 Å². The van der Waals surface area contributed by atoms with E-state index in [1.807, 2.05) is 19.1 Å². The number of hydrogen-bond acceptors (Lipinski definition) is 4. The van der Waals surface area contributed by atoms with Crippen LogP contribution in [0.15, 0.2) is 66.7 Å². The van der Waals surface area contributed by atoms with Crippen LogP contribution < -0.4 is 15.8 Å². The number of anilines is 2. The molecule has 0 aromatic heterocycles. The number of ketones is 1. The van der Waals surface area contributed by atoms with Gasteiger partial charge in [-0.3, -0.25) is 9.59 Å². The number of nitrogens with one attached hydrogen (secondary N) is 1. The number of nitrogens with two attached hydrogens (primary N) is 1. The van der Waals surface area contributed by atoms with Crippen molar-refractivity contribution in [3.63, 3.8) is 0 Å². The summed E-state index contributed by atoms with van der Waals surface area (Å²) in [6.45, 7) is 3.42. The van der Waals surface area contributed by atoms with E-state index in [2.05, 4.69) is 5.32 Å². The van der Waals surface area contributed by atoms with Crippen LogP contribution in [0.4, 0.5) is 11.4 Å². The van der Waals surface area contributed by atoms with Crippen molar-refractivity contribution in [1.82, 2.24) is 0 Å². The van der Waals surface area contributed by atoms with Gasteiger partial charge in [0.2, 0.25) is 0 Å². The minimum Gasteiger partial charge on any atom is -0.457 e. The van der Waals surface area contributed by atoms with Crippen LogP contribution >= 0.6 is 0 Å². The second-order valence-corrected chi connectivity index (χ2v) is 6.23. The smallest absolute Gasteiger partial charge is 0.255 e. The minimum atomic E-state index is -0.245. The topological polar surface area (TPSA) is 81.4 Å². The number of rotatable bonds is 5. The summed E-state index contributed by atoms with van der Waals surface area (Å²) in [5.74, 6) is 1.01. The van der Waals surface area contributed by atoms with E-state index in [0.29, 0.717) is 34.0 Å². The molecule has 3 N–H and O–H groups in total. The van der Waals surface area contributed by atoms with Crippen molar-refractivity contribution in [1.29, 1.82) is 0 Å². The molecule has 3 rings (SSSR count). The van der Waals surface area contributed by atoms with Gasteiger partial charge in [-0.05, 0) is 61.9 Å². The first kappa shape index (κ1) is 18.2. The molecule has 0 aliphatic heterocycles. The first-order chi connectivity index (χ1) is 12.9. The number of aryl methyl sites for hydroxylation is 1. The summed E-state index contributed by atoms with van der Waals surface area (Å²) in [6, 6.07) is 19.1. The fraction of sp³-hybridized carbons (Fsp3) is 0.0909. The Morgan fingerprint density at radius 3 is 2.04 bits per heavy atom. The van der Waals surface area contributed by atoms with Crippen molar-refractivity contribution in [2.75, 3.05) is 11.1 Å². The molecular formula is C22H20N2O3. The Hall–Kier alpha value is -3.60. The van der Waals surface area contributed by atoms with E-state index in [1.54, 1.807) is 54.6 Å². The average molecular weight is 360 g/mol. The highest BCUT2D eigenvalue weighted by Gasteiger charge is 2.08. The van der Waals surface area contributed by atoms with E-state index >= 15 is 0 Å². The van der Waals surface area contributed by atoms with Gasteiger partial charge in [0.15, 0.2) is 5.78 Å². The molecule has 0 aliphatic carbocycles. The van der Waals surface area contributed by atoms with Crippen molar-refractivity contribution >= 4 is 23.1 Å². The molecule has 136 valence electrons. The molecule has 3 aromatic rings. The molecule has 0 heterocycles. The van der Waals surface area contributed by atoms with Gasteiger partial charge in [-0.2, -0.15) is 0 Å². The lowest BCUT2D eigenvalue weighted by atomic mass is 10.1. The monoisotopic (exact) mass is 360 g/mol. The maximum Gasteiger partial charge on any atom is 0.255 e. The number of benzene rings is 3. The second kappa shape index (κ2) is 7.74. The maximum atomic E-state index is 12.3. The molecule has 0 bridgehead atoms. The van der Waals surface area contributed by atoms with Crippen molar-refractivity contribution < 1.29 is 14.3 Å². The molecule has 5 heteroatoms. The van der Waals surface area contributed by atoms with E-state index in [1.165, 1.54) is 6.92 Å². The van der Waals surface area contributed by atoms with Crippen molar-refractivity contribution in [2.24, 2.45) is 0 Å². The molecule has 0 aliphatic rings. The number of carbonyl (C=O) groups excluding carboxylic acids is 2. The number of Topliss-reactive ketones (excluding diaryl/α,β-unsaturated/α-hetero) is 1. The maximum absolute atomic E-state index is 12.3. The Balaban J connectivity index is 1.65. The van der Waals surface area contributed by atoms with Crippen molar-refractivity contribution in [3.8, 4) is 11.5 Å². The van der Waals surface area contributed by atoms with Crippen LogP contribution in [0.25, 0.3) is 0 Å². The summed E-state index contributed by atoms with van der Waals surface area (Å²) < 4.78 is 5.77. The zero-order valence-electron chi connectivity index (χ0n) is 15.2. The van der Waals surface area contributed by atoms with E-state index in [-0.39, 0.29) is 11.7 Å². The predicted molar refractivity (Wildman–Crippen MR) is 107 cm³/mol. The van der Waals surface area contributed by atoms with Gasteiger partial charge >= 0.3 is 0 Å². The third kappa shape index (κ3) is 4.52. The Bertz CT molecular complexity index is 977. The van der Waals surface area contributed by atoms with Gasteiger partial charge in [0.25, 0.3) is 5.91 Å². The summed E-state index contributed by atoms with van der Waals surface area (Å²) in [5, 5.41) is 2.82. The molecular weight excluding hydrogens is 340 g/mol. The number of amides is 1. The zero-order valence-corrected chi connectivity index (χ0v) is 15.2. The molecule has 0 spiro atoms. The lowest BCUT2D eigenvalue weighted by molar-refractivity contribution is 0.101. The van der Waals surface area contributed by atoms with Crippen LogP contribution in [0.2, 0.25) is 0 Å². The summed E-state index contributed by atoms with van der Waals surface area (Å²) in [5.41, 5.74) is 9.26. The number of ether oxygens (including phenoxy) is 1. The minimum absolute atomic E-state index is 0.0344. The molecule has 0 unspecified atom stereocenters. The van der Waals surface area contributed by atoms with Crippen LogP contribution in [0, 0.1) is 6.92 Å². The Morgan fingerprint density at radius 1 is 0.852 bits per heavy atom. The number of nitrogen functional groups attached to an aromatic ring is 1. The lowest BCUT2D eigenvalue weighted by Crippen LogP contribution is -2.11. The molecule has 1 amide bonds. The molecule has 0 radical (unpaired) electrons. The van der Waals surface area contributed by atoms with Gasteiger partial charge in [0, 0.05) is 28.6 Å². The summed E-state index contributed by atoms with van der Waals surface area (Å²) in [4.78, 5) is 23.6. The molecule has 0 saturated carbocycles. The third-order valence-electron chi connectivity index (χ3n) is 4.15. The van der Waals surface area contributed by atoms with Crippen LogP contribution in [-0.4, -0.2) is 11.7 Å². The standard InChI is InChI=1S/C22H20N2O3/c1-14-3-10-20(13-21(14)23)27-19-11-8-18(9-12-19)24-22(26)17-6-4-16(5-7-17)15(2)25/h3-13H,23H2,1-2H3,(H,24,26). The van der Waals surface area contributed by atoms with Crippen molar-refractivity contribution in [3.05, 3.63) is 83.4 Å². The van der Waals surface area contributed by atoms with E-state index < -0.39 is 0 Å². The Labute approximate surface area is 157 Å². The normalized spacial score (nSPS) is 10.3. The molecule has 0 atom stereocenters. The van der Waals surface area contributed by atoms with Crippen LogP contribution in [-0.2, 0) is 0 Å². The van der Waals surface area contributed by atoms with Gasteiger partial charge in [0.05, 0.1) is 0 Å². The number of carbonyl (C=O) groups is 2. The largest absolute Gasteiger partial charge is 0.457 e. The summed E-state index contributed by atoms with van der Waals surface area (Å²) in [7, 11) is 0. The van der Waals surface area contributed by atoms with Gasteiger partial charge in [-0.1, -0.05) is 18.2 Å². The SMILES string of the molecule is CC(=O)c1ccc(C(=O)Nc2ccc(Oc3ccc(C)c(N)c3)cc2)cc1. The molecule has 27 heavy (non-hydrogen) atoms. The van der Waals surface area contributed by atoms with Gasteiger partial charge in [-0.25, -0.2) is 0 Å². The van der Waals surface area contributed by atoms with Crippen LogP contribution in [0.1, 0.15) is 33.2 Å². The fourth-order valence-corrected chi connectivity index (χ4v) is 2.48. The van der Waals surface area contributed by atoms with Crippen LogP contribution in [0.5, 0.6) is 11.5 Å². The van der Waals surface area contributed by atoms with Gasteiger partial charge in [-0.15, -0.1) is 0 Å². The number of hydrogen-bond donors (Lipinski definition) is 2. The first-order valence-electron chi connectivity index (χ1n) is 8.49. The lowest BCUT2D eigenvalue weighted by Gasteiger charge is -2.09. The molecule has 5 nitrogen and oxygen atoms in total. The van der Waals surface area contributed by atoms with E-state index in [0.717, 1.165) is 5.56 Å². The first-order valence-corrected chi connectivity index (χ1v) is 8.49. The highest BCUT2D eigenvalue weighted by atomic mass is 16.5. The highest BCUT2D eigenvalue weighted by Crippen LogP contribution is 2.26. The summed E-state index contributed by atoms with van der Waals surface area (Å²) in [6.07, 6.45) is 0. The fourth-order valence-electron chi connectivity index (χ4n) is 2.48. The highest BCUT2D eigenvalue weighted by molar-refractivity contribution is 6.05. The van der Waals surface area contributed by atoms with Crippen molar-refractivity contribution in [2.45, 2.75) is 13.8 Å². The molecule has 0 fully saturated rings. The van der Waals surface area contributed by atoms with Crippen LogP contribution in [0.3, 0.4) is 0 Å². The van der Waals surface area contributed by atoms with E-state index in [4.69, 9.17) is 10.5 Å².